The van der Waals surface area contributed by atoms with Crippen LogP contribution in [0.2, 0.25) is 0 Å². The number of rotatable bonds is 2. The van der Waals surface area contributed by atoms with Crippen molar-refractivity contribution in [2.45, 2.75) is 6.18 Å². The zero-order chi connectivity index (χ0) is 9.12. The van der Waals surface area contributed by atoms with Crippen LogP contribution >= 0.6 is 0 Å². The summed E-state index contributed by atoms with van der Waals surface area (Å²) in [4.78, 5) is 0. The number of allylic oxidation sites excluding steroid dienone is 1. The highest BCUT2D eigenvalue weighted by Gasteiger charge is 2.22. The van der Waals surface area contributed by atoms with Crippen LogP contribution in [-0.4, -0.2) is 14.6 Å². The molecule has 0 bridgehead atoms. The minimum Gasteiger partial charge on any atom is -0.366 e. The minimum absolute atomic E-state index is 0.296. The number of hydrogen-bond acceptors (Lipinski definition) is 3. The lowest BCUT2D eigenvalue weighted by Crippen LogP contribution is -2.01. The Hall–Kier alpha value is -0.790. The van der Waals surface area contributed by atoms with E-state index in [-0.39, 0.29) is 6.26 Å². The molecule has 0 rings (SSSR count). The second-order valence-corrected chi connectivity index (χ2v) is 2.31. The fourth-order valence-electron chi connectivity index (χ4n) is 0.171. The standard InChI is InChI=1S/C3H2F4O3S/c4-3(5,6)1-2-10-11(7,8)9/h1-2H/b2-1+. The van der Waals surface area contributed by atoms with Gasteiger partial charge in [0.15, 0.2) is 0 Å². The molecule has 0 aromatic rings. The topological polar surface area (TPSA) is 43.4 Å². The molecule has 0 atom stereocenters. The smallest absolute Gasteiger partial charge is 0.366 e. The molecule has 0 aliphatic rings. The third-order valence-corrected chi connectivity index (χ3v) is 0.769. The molecule has 66 valence electrons. The van der Waals surface area contributed by atoms with Crippen LogP contribution in [0.3, 0.4) is 0 Å². The molecule has 0 unspecified atom stereocenters. The molecule has 0 radical (unpaired) electrons. The summed E-state index contributed by atoms with van der Waals surface area (Å²) in [6.45, 7) is 0. The van der Waals surface area contributed by atoms with Gasteiger partial charge in [-0.2, -0.15) is 21.6 Å². The van der Waals surface area contributed by atoms with Gasteiger partial charge in [-0.25, -0.2) is 0 Å². The Morgan fingerprint density at radius 2 is 1.73 bits per heavy atom. The van der Waals surface area contributed by atoms with Crippen molar-refractivity contribution in [2.24, 2.45) is 0 Å². The lowest BCUT2D eigenvalue weighted by molar-refractivity contribution is -0.0808. The molecule has 0 aromatic carbocycles. The Morgan fingerprint density at radius 3 is 2.00 bits per heavy atom. The summed E-state index contributed by atoms with van der Waals surface area (Å²) in [5, 5.41) is 0. The van der Waals surface area contributed by atoms with Gasteiger partial charge in [-0.3, -0.25) is 0 Å². The number of alkyl halides is 3. The van der Waals surface area contributed by atoms with Gasteiger partial charge < -0.3 is 4.18 Å². The molecule has 0 heterocycles. The Kier molecular flexibility index (Phi) is 2.85. The zero-order valence-corrected chi connectivity index (χ0v) is 5.62. The van der Waals surface area contributed by atoms with Crippen LogP contribution in [0.15, 0.2) is 12.3 Å². The first-order valence-electron chi connectivity index (χ1n) is 2.08. The van der Waals surface area contributed by atoms with E-state index in [0.29, 0.717) is 0 Å². The van der Waals surface area contributed by atoms with Gasteiger partial charge in [0.25, 0.3) is 0 Å². The van der Waals surface area contributed by atoms with Gasteiger partial charge in [-0.15, -0.1) is 0 Å². The largest absolute Gasteiger partial charge is 0.488 e. The summed E-state index contributed by atoms with van der Waals surface area (Å²) in [7, 11) is -5.33. The predicted molar refractivity (Wildman–Crippen MR) is 26.3 cm³/mol. The van der Waals surface area contributed by atoms with Gasteiger partial charge in [0.05, 0.1) is 6.08 Å². The van der Waals surface area contributed by atoms with E-state index < -0.39 is 22.8 Å². The third kappa shape index (κ3) is 9.21. The minimum atomic E-state index is -5.33. The average Bonchev–Trinajstić information content (AvgIpc) is 1.55. The van der Waals surface area contributed by atoms with Crippen molar-refractivity contribution in [1.29, 1.82) is 0 Å². The van der Waals surface area contributed by atoms with Crippen molar-refractivity contribution in [3.8, 4) is 0 Å². The van der Waals surface area contributed by atoms with Crippen LogP contribution in [0.4, 0.5) is 17.1 Å². The molecule has 0 N–H and O–H groups in total. The van der Waals surface area contributed by atoms with E-state index in [2.05, 4.69) is 4.18 Å². The highest BCUT2D eigenvalue weighted by atomic mass is 32.3. The molecule has 0 aliphatic carbocycles. The maximum Gasteiger partial charge on any atom is 0.488 e. The Morgan fingerprint density at radius 1 is 1.27 bits per heavy atom. The van der Waals surface area contributed by atoms with E-state index in [1.165, 1.54) is 0 Å². The third-order valence-electron chi connectivity index (χ3n) is 0.428. The molecular formula is C3H2F4O3S. The predicted octanol–water partition coefficient (Wildman–Crippen LogP) is 1.29. The molecule has 0 fully saturated rings. The van der Waals surface area contributed by atoms with Crippen molar-refractivity contribution in [2.75, 3.05) is 0 Å². The van der Waals surface area contributed by atoms with Crippen LogP contribution < -0.4 is 0 Å². The van der Waals surface area contributed by atoms with E-state index in [4.69, 9.17) is 0 Å². The van der Waals surface area contributed by atoms with Gasteiger partial charge in [0, 0.05) is 0 Å². The van der Waals surface area contributed by atoms with Gasteiger partial charge in [0.2, 0.25) is 0 Å². The molecular weight excluding hydrogens is 192 g/mol. The molecule has 0 saturated heterocycles. The second-order valence-electron chi connectivity index (χ2n) is 1.33. The summed E-state index contributed by atoms with van der Waals surface area (Å²) >= 11 is 0. The second kappa shape index (κ2) is 3.07. The summed E-state index contributed by atoms with van der Waals surface area (Å²) in [6.07, 6.45) is -5.57. The van der Waals surface area contributed by atoms with Crippen LogP contribution in [0.25, 0.3) is 0 Å². The molecule has 3 nitrogen and oxygen atoms in total. The van der Waals surface area contributed by atoms with E-state index >= 15 is 0 Å². The maximum atomic E-state index is 11.3. The monoisotopic (exact) mass is 194 g/mol. The van der Waals surface area contributed by atoms with Gasteiger partial charge in [-0.05, 0) is 0 Å². The van der Waals surface area contributed by atoms with E-state index in [9.17, 15) is 25.5 Å². The number of halogens is 4. The molecule has 0 aliphatic heterocycles. The lowest BCUT2D eigenvalue weighted by Gasteiger charge is -1.95. The Bertz CT molecular complexity index is 238. The normalized spacial score (nSPS) is 13.8. The molecule has 0 aromatic heterocycles. The highest BCUT2D eigenvalue weighted by molar-refractivity contribution is 7.81. The van der Waals surface area contributed by atoms with Crippen molar-refractivity contribution in [3.63, 3.8) is 0 Å². The van der Waals surface area contributed by atoms with Crippen LogP contribution in [0.1, 0.15) is 0 Å². The maximum absolute atomic E-state index is 11.3. The molecule has 8 heteroatoms. The summed E-state index contributed by atoms with van der Waals surface area (Å²) in [5.41, 5.74) is 0. The quantitative estimate of drug-likeness (QED) is 0.378. The van der Waals surface area contributed by atoms with Crippen LogP contribution in [-0.2, 0) is 14.7 Å². The van der Waals surface area contributed by atoms with E-state index in [1.807, 2.05) is 0 Å². The van der Waals surface area contributed by atoms with Crippen molar-refractivity contribution >= 4 is 10.5 Å². The van der Waals surface area contributed by atoms with E-state index in [0.717, 1.165) is 0 Å². The first-order valence-corrected chi connectivity index (χ1v) is 3.39. The Labute approximate surface area is 59.7 Å². The summed E-state index contributed by atoms with van der Waals surface area (Å²) in [6, 6.07) is 0. The number of hydrogen-bond donors (Lipinski definition) is 0. The van der Waals surface area contributed by atoms with Gasteiger partial charge >= 0.3 is 16.7 Å². The highest BCUT2D eigenvalue weighted by Crippen LogP contribution is 2.16. The summed E-state index contributed by atoms with van der Waals surface area (Å²) in [5.74, 6) is 0. The van der Waals surface area contributed by atoms with Crippen molar-refractivity contribution in [1.82, 2.24) is 0 Å². The van der Waals surface area contributed by atoms with Crippen molar-refractivity contribution in [3.05, 3.63) is 12.3 Å². The molecule has 11 heavy (non-hydrogen) atoms. The van der Waals surface area contributed by atoms with E-state index in [1.54, 1.807) is 0 Å². The lowest BCUT2D eigenvalue weighted by atomic mass is 10.6. The zero-order valence-electron chi connectivity index (χ0n) is 4.80. The molecule has 0 spiro atoms. The van der Waals surface area contributed by atoms with Gasteiger partial charge in [-0.1, -0.05) is 3.89 Å². The van der Waals surface area contributed by atoms with Crippen LogP contribution in [0, 0.1) is 0 Å². The van der Waals surface area contributed by atoms with Crippen molar-refractivity contribution < 1.29 is 29.7 Å². The SMILES string of the molecule is O=S(=O)(F)O/C=C/C(F)(F)F. The Balaban J connectivity index is 4.00. The summed E-state index contributed by atoms with van der Waals surface area (Å²) < 4.78 is 66.6. The fourth-order valence-corrected chi connectivity index (χ4v) is 0.360. The van der Waals surface area contributed by atoms with Gasteiger partial charge in [0.1, 0.15) is 6.26 Å². The first kappa shape index (κ1) is 10.2. The fraction of sp³-hybridized carbons (Fsp3) is 0.333. The average molecular weight is 194 g/mol. The first-order chi connectivity index (χ1) is 4.71. The molecule has 0 saturated carbocycles. The van der Waals surface area contributed by atoms with Crippen LogP contribution in [0.5, 0.6) is 0 Å². The molecule has 0 amide bonds.